The van der Waals surface area contributed by atoms with Crippen molar-refractivity contribution in [1.29, 1.82) is 0 Å². The second-order valence-corrected chi connectivity index (χ2v) is 3.29. The van der Waals surface area contributed by atoms with E-state index in [1.807, 2.05) is 6.92 Å². The van der Waals surface area contributed by atoms with Gasteiger partial charge in [-0.25, -0.2) is 4.98 Å². The van der Waals surface area contributed by atoms with Crippen molar-refractivity contribution in [2.24, 2.45) is 0 Å². The van der Waals surface area contributed by atoms with Gasteiger partial charge in [-0.05, 0) is 13.0 Å². The first-order valence-electron chi connectivity index (χ1n) is 4.82. The Labute approximate surface area is 86.1 Å². The molecule has 0 amide bonds. The van der Waals surface area contributed by atoms with Gasteiger partial charge < -0.3 is 10.3 Å². The third-order valence-electron chi connectivity index (χ3n) is 1.99. The van der Waals surface area contributed by atoms with E-state index >= 15 is 0 Å². The maximum Gasteiger partial charge on any atom is 0.404 e. The lowest BCUT2D eigenvalue weighted by Crippen LogP contribution is -2.44. The SMILES string of the molecule is CCCNC(Cc1ncc[nH]1)C(F)(F)F. The molecule has 15 heavy (non-hydrogen) atoms. The summed E-state index contributed by atoms with van der Waals surface area (Å²) in [6, 6.07) is -1.52. The fraction of sp³-hybridized carbons (Fsp3) is 0.667. The third-order valence-corrected chi connectivity index (χ3v) is 1.99. The van der Waals surface area contributed by atoms with Crippen LogP contribution in [0.25, 0.3) is 0 Å². The van der Waals surface area contributed by atoms with E-state index in [2.05, 4.69) is 15.3 Å². The summed E-state index contributed by atoms with van der Waals surface area (Å²) in [4.78, 5) is 6.45. The molecule has 3 nitrogen and oxygen atoms in total. The van der Waals surface area contributed by atoms with E-state index in [1.54, 1.807) is 0 Å². The molecule has 1 heterocycles. The molecular formula is C9H14F3N3. The number of aromatic nitrogens is 2. The molecule has 1 unspecified atom stereocenters. The summed E-state index contributed by atoms with van der Waals surface area (Å²) in [5.41, 5.74) is 0. The van der Waals surface area contributed by atoms with Crippen LogP contribution in [0.15, 0.2) is 12.4 Å². The van der Waals surface area contributed by atoms with Gasteiger partial charge >= 0.3 is 6.18 Å². The number of nitrogens with zero attached hydrogens (tertiary/aromatic N) is 1. The third kappa shape index (κ3) is 3.91. The average Bonchev–Trinajstić information content (AvgIpc) is 2.62. The van der Waals surface area contributed by atoms with Crippen LogP contribution < -0.4 is 5.32 Å². The maximum atomic E-state index is 12.5. The number of rotatable bonds is 5. The lowest BCUT2D eigenvalue weighted by atomic mass is 10.2. The van der Waals surface area contributed by atoms with Gasteiger partial charge in [0, 0.05) is 18.8 Å². The molecule has 1 aromatic rings. The number of hydrogen-bond acceptors (Lipinski definition) is 2. The predicted molar refractivity (Wildman–Crippen MR) is 50.4 cm³/mol. The Morgan fingerprint density at radius 3 is 2.73 bits per heavy atom. The summed E-state index contributed by atoms with van der Waals surface area (Å²) in [6.45, 7) is 2.18. The van der Waals surface area contributed by atoms with Crippen LogP contribution in [0, 0.1) is 0 Å². The molecule has 86 valence electrons. The first kappa shape index (κ1) is 12.0. The number of alkyl halides is 3. The zero-order valence-corrected chi connectivity index (χ0v) is 8.43. The van der Waals surface area contributed by atoms with Crippen LogP contribution in [0.2, 0.25) is 0 Å². The first-order chi connectivity index (χ1) is 7.04. The van der Waals surface area contributed by atoms with Gasteiger partial charge in [-0.2, -0.15) is 13.2 Å². The Hall–Kier alpha value is -1.04. The molecule has 0 radical (unpaired) electrons. The van der Waals surface area contributed by atoms with Gasteiger partial charge in [0.25, 0.3) is 0 Å². The maximum absolute atomic E-state index is 12.5. The summed E-state index contributed by atoms with van der Waals surface area (Å²) >= 11 is 0. The van der Waals surface area contributed by atoms with E-state index < -0.39 is 12.2 Å². The fourth-order valence-electron chi connectivity index (χ4n) is 1.23. The van der Waals surface area contributed by atoms with Gasteiger partial charge in [0.15, 0.2) is 0 Å². The second-order valence-electron chi connectivity index (χ2n) is 3.29. The van der Waals surface area contributed by atoms with Crippen LogP contribution in [0.3, 0.4) is 0 Å². The van der Waals surface area contributed by atoms with Crippen LogP contribution in [0.4, 0.5) is 13.2 Å². The number of halogens is 3. The van der Waals surface area contributed by atoms with Gasteiger partial charge in [0.1, 0.15) is 11.9 Å². The highest BCUT2D eigenvalue weighted by Crippen LogP contribution is 2.22. The van der Waals surface area contributed by atoms with Crippen molar-refractivity contribution in [2.75, 3.05) is 6.54 Å². The number of imidazole rings is 1. The Balaban J connectivity index is 2.57. The van der Waals surface area contributed by atoms with Crippen LogP contribution >= 0.6 is 0 Å². The number of hydrogen-bond donors (Lipinski definition) is 2. The zero-order valence-electron chi connectivity index (χ0n) is 8.43. The molecular weight excluding hydrogens is 207 g/mol. The van der Waals surface area contributed by atoms with Crippen molar-refractivity contribution in [3.63, 3.8) is 0 Å². The monoisotopic (exact) mass is 221 g/mol. The largest absolute Gasteiger partial charge is 0.404 e. The van der Waals surface area contributed by atoms with Gasteiger partial charge in [-0.15, -0.1) is 0 Å². The molecule has 0 bridgehead atoms. The fourth-order valence-corrected chi connectivity index (χ4v) is 1.23. The molecule has 0 saturated carbocycles. The molecule has 1 atom stereocenters. The minimum atomic E-state index is -4.23. The summed E-state index contributed by atoms with van der Waals surface area (Å²) < 4.78 is 37.6. The van der Waals surface area contributed by atoms with Gasteiger partial charge in [0.05, 0.1) is 0 Å². The topological polar surface area (TPSA) is 40.7 Å². The lowest BCUT2D eigenvalue weighted by molar-refractivity contribution is -0.155. The number of nitrogens with one attached hydrogen (secondary N) is 2. The summed E-state index contributed by atoms with van der Waals surface area (Å²) in [7, 11) is 0. The normalized spacial score (nSPS) is 14.1. The van der Waals surface area contributed by atoms with Gasteiger partial charge in [-0.3, -0.25) is 0 Å². The van der Waals surface area contributed by atoms with E-state index in [9.17, 15) is 13.2 Å². The lowest BCUT2D eigenvalue weighted by Gasteiger charge is -2.20. The van der Waals surface area contributed by atoms with Crippen molar-refractivity contribution in [3.8, 4) is 0 Å². The van der Waals surface area contributed by atoms with Crippen LogP contribution in [-0.4, -0.2) is 28.7 Å². The zero-order chi connectivity index (χ0) is 11.3. The number of aromatic amines is 1. The first-order valence-corrected chi connectivity index (χ1v) is 4.82. The highest BCUT2D eigenvalue weighted by Gasteiger charge is 2.39. The van der Waals surface area contributed by atoms with Gasteiger partial charge in [-0.1, -0.05) is 6.92 Å². The number of H-pyrrole nitrogens is 1. The molecule has 0 aliphatic heterocycles. The van der Waals surface area contributed by atoms with Gasteiger partial charge in [0.2, 0.25) is 0 Å². The van der Waals surface area contributed by atoms with E-state index in [0.29, 0.717) is 18.8 Å². The molecule has 0 fully saturated rings. The summed E-state index contributed by atoms with van der Waals surface area (Å²) in [6.07, 6.45) is -0.756. The Morgan fingerprint density at radius 2 is 2.27 bits per heavy atom. The molecule has 2 N–H and O–H groups in total. The molecule has 0 aliphatic carbocycles. The minimum Gasteiger partial charge on any atom is -0.349 e. The predicted octanol–water partition coefficient (Wildman–Crippen LogP) is 1.88. The van der Waals surface area contributed by atoms with Crippen molar-refractivity contribution < 1.29 is 13.2 Å². The Bertz CT molecular complexity index is 269. The van der Waals surface area contributed by atoms with Crippen LogP contribution in [0.1, 0.15) is 19.2 Å². The molecule has 0 saturated heterocycles. The van der Waals surface area contributed by atoms with E-state index in [4.69, 9.17) is 0 Å². The standard InChI is InChI=1S/C9H14F3N3/c1-2-3-13-7(9(10,11)12)6-8-14-4-5-15-8/h4-5,7,13H,2-3,6H2,1H3,(H,14,15). The van der Waals surface area contributed by atoms with E-state index in [-0.39, 0.29) is 6.42 Å². The smallest absolute Gasteiger partial charge is 0.349 e. The van der Waals surface area contributed by atoms with Crippen LogP contribution in [-0.2, 0) is 6.42 Å². The Kier molecular flexibility index (Phi) is 4.14. The van der Waals surface area contributed by atoms with Crippen LogP contribution in [0.5, 0.6) is 0 Å². The molecule has 1 rings (SSSR count). The highest BCUT2D eigenvalue weighted by molar-refractivity contribution is 4.93. The Morgan fingerprint density at radius 1 is 1.53 bits per heavy atom. The van der Waals surface area contributed by atoms with Crippen molar-refractivity contribution in [1.82, 2.24) is 15.3 Å². The minimum absolute atomic E-state index is 0.156. The highest BCUT2D eigenvalue weighted by atomic mass is 19.4. The second kappa shape index (κ2) is 5.16. The molecule has 6 heteroatoms. The molecule has 0 aliphatic rings. The molecule has 1 aromatic heterocycles. The quantitative estimate of drug-likeness (QED) is 0.797. The van der Waals surface area contributed by atoms with Crippen molar-refractivity contribution >= 4 is 0 Å². The van der Waals surface area contributed by atoms with E-state index in [0.717, 1.165) is 0 Å². The average molecular weight is 221 g/mol. The summed E-state index contributed by atoms with van der Waals surface area (Å²) in [5.74, 6) is 0.348. The van der Waals surface area contributed by atoms with E-state index in [1.165, 1.54) is 12.4 Å². The van der Waals surface area contributed by atoms with Crippen molar-refractivity contribution in [2.45, 2.75) is 32.0 Å². The summed E-state index contributed by atoms with van der Waals surface area (Å²) in [5, 5.41) is 2.46. The van der Waals surface area contributed by atoms with Crippen molar-refractivity contribution in [3.05, 3.63) is 18.2 Å². The molecule has 0 aromatic carbocycles. The molecule has 0 spiro atoms.